The van der Waals surface area contributed by atoms with Gasteiger partial charge in [-0.2, -0.15) is 9.78 Å². The summed E-state index contributed by atoms with van der Waals surface area (Å²) < 4.78 is 4.14. The molecule has 0 aliphatic carbocycles. The molecule has 0 spiro atoms. The van der Waals surface area contributed by atoms with Gasteiger partial charge in [0.1, 0.15) is 6.54 Å². The van der Waals surface area contributed by atoms with E-state index in [9.17, 15) is 10.1 Å². The van der Waals surface area contributed by atoms with E-state index in [2.05, 4.69) is 26.1 Å². The second-order valence-corrected chi connectivity index (χ2v) is 5.12. The number of rotatable bonds is 4. The summed E-state index contributed by atoms with van der Waals surface area (Å²) in [6.45, 7) is 4.93. The SMILES string of the molecule is CCn1nc(C)c(Br)c1Cn1cc(Cl)c([N+](=O)[O-])n1. The van der Waals surface area contributed by atoms with E-state index in [0.29, 0.717) is 13.1 Å². The molecule has 0 radical (unpaired) electrons. The van der Waals surface area contributed by atoms with Crippen LogP contribution in [0.25, 0.3) is 0 Å². The molecule has 2 aromatic heterocycles. The Labute approximate surface area is 122 Å². The largest absolute Gasteiger partial charge is 0.408 e. The van der Waals surface area contributed by atoms with Crippen LogP contribution in [-0.2, 0) is 13.1 Å². The van der Waals surface area contributed by atoms with Crippen molar-refractivity contribution in [2.45, 2.75) is 26.9 Å². The van der Waals surface area contributed by atoms with Gasteiger partial charge in [0.05, 0.1) is 27.2 Å². The van der Waals surface area contributed by atoms with Crippen molar-refractivity contribution in [2.24, 2.45) is 0 Å². The summed E-state index contributed by atoms with van der Waals surface area (Å²) in [6, 6.07) is 0. The lowest BCUT2D eigenvalue weighted by atomic mass is 10.3. The zero-order valence-corrected chi connectivity index (χ0v) is 12.6. The standard InChI is InChI=1S/C10H11BrClN5O2/c1-3-16-8(9(11)6(2)13-16)5-15-4-7(12)10(14-15)17(18)19/h4H,3,5H2,1-2H3. The first-order chi connectivity index (χ1) is 8.93. The van der Waals surface area contributed by atoms with E-state index in [4.69, 9.17) is 11.6 Å². The number of hydrogen-bond donors (Lipinski definition) is 0. The first-order valence-corrected chi connectivity index (χ1v) is 6.70. The van der Waals surface area contributed by atoms with Gasteiger partial charge in [-0.1, -0.05) is 11.6 Å². The van der Waals surface area contributed by atoms with Crippen molar-refractivity contribution in [3.8, 4) is 0 Å². The zero-order chi connectivity index (χ0) is 14.2. The number of nitrogens with zero attached hydrogens (tertiary/aromatic N) is 5. The van der Waals surface area contributed by atoms with E-state index >= 15 is 0 Å². The molecule has 0 N–H and O–H groups in total. The summed E-state index contributed by atoms with van der Waals surface area (Å²) >= 11 is 9.23. The molecule has 0 aromatic carbocycles. The molecular weight excluding hydrogens is 338 g/mol. The summed E-state index contributed by atoms with van der Waals surface area (Å²) in [5.41, 5.74) is 1.76. The van der Waals surface area contributed by atoms with Crippen LogP contribution in [0.1, 0.15) is 18.3 Å². The van der Waals surface area contributed by atoms with Gasteiger partial charge in [-0.15, -0.1) is 0 Å². The highest BCUT2D eigenvalue weighted by molar-refractivity contribution is 9.10. The number of aromatic nitrogens is 4. The number of nitro groups is 1. The van der Waals surface area contributed by atoms with Gasteiger partial charge in [-0.3, -0.25) is 4.68 Å². The Kier molecular flexibility index (Phi) is 3.91. The van der Waals surface area contributed by atoms with Gasteiger partial charge >= 0.3 is 5.82 Å². The van der Waals surface area contributed by atoms with Crippen molar-refractivity contribution in [3.05, 3.63) is 37.2 Å². The first kappa shape index (κ1) is 14.0. The molecule has 2 rings (SSSR count). The van der Waals surface area contributed by atoms with Gasteiger partial charge < -0.3 is 10.1 Å². The van der Waals surface area contributed by atoms with E-state index in [1.807, 2.05) is 18.5 Å². The van der Waals surface area contributed by atoms with Crippen LogP contribution >= 0.6 is 27.5 Å². The molecule has 7 nitrogen and oxygen atoms in total. The molecule has 0 amide bonds. The fourth-order valence-corrected chi connectivity index (χ4v) is 2.39. The fourth-order valence-electron chi connectivity index (χ4n) is 1.77. The van der Waals surface area contributed by atoms with Crippen molar-refractivity contribution in [2.75, 3.05) is 0 Å². The molecule has 0 unspecified atom stereocenters. The number of halogens is 2. The third-order valence-electron chi connectivity index (χ3n) is 2.64. The average Bonchev–Trinajstić information content (AvgIpc) is 2.84. The van der Waals surface area contributed by atoms with Gasteiger partial charge in [0.2, 0.25) is 0 Å². The summed E-state index contributed by atoms with van der Waals surface area (Å²) in [6.07, 6.45) is 1.44. The minimum Gasteiger partial charge on any atom is -0.358 e. The zero-order valence-electron chi connectivity index (χ0n) is 10.3. The third-order valence-corrected chi connectivity index (χ3v) is 3.93. The average molecular weight is 349 g/mol. The van der Waals surface area contributed by atoms with Crippen LogP contribution in [0.4, 0.5) is 5.82 Å². The van der Waals surface area contributed by atoms with E-state index < -0.39 is 4.92 Å². The quantitative estimate of drug-likeness (QED) is 0.628. The van der Waals surface area contributed by atoms with Gasteiger partial charge in [0.15, 0.2) is 5.02 Å². The second-order valence-electron chi connectivity index (χ2n) is 3.92. The molecule has 0 fully saturated rings. The van der Waals surface area contributed by atoms with Crippen molar-refractivity contribution in [1.29, 1.82) is 0 Å². The smallest absolute Gasteiger partial charge is 0.358 e. The predicted octanol–water partition coefficient (Wildman–Crippen LogP) is 2.78. The number of hydrogen-bond acceptors (Lipinski definition) is 4. The van der Waals surface area contributed by atoms with Crippen LogP contribution in [0, 0.1) is 17.0 Å². The highest BCUT2D eigenvalue weighted by Crippen LogP contribution is 2.25. The molecule has 0 saturated carbocycles. The van der Waals surface area contributed by atoms with Gasteiger partial charge in [0.25, 0.3) is 0 Å². The normalized spacial score (nSPS) is 10.9. The van der Waals surface area contributed by atoms with Crippen LogP contribution in [0.3, 0.4) is 0 Å². The maximum absolute atomic E-state index is 10.7. The van der Waals surface area contributed by atoms with Crippen LogP contribution in [0.5, 0.6) is 0 Å². The molecule has 0 aliphatic rings. The fraction of sp³-hybridized carbons (Fsp3) is 0.400. The Morgan fingerprint density at radius 1 is 1.53 bits per heavy atom. The van der Waals surface area contributed by atoms with E-state index in [1.54, 1.807) is 0 Å². The lowest BCUT2D eigenvalue weighted by Gasteiger charge is -2.03. The summed E-state index contributed by atoms with van der Waals surface area (Å²) in [5, 5.41) is 18.9. The summed E-state index contributed by atoms with van der Waals surface area (Å²) in [7, 11) is 0. The molecule has 19 heavy (non-hydrogen) atoms. The Morgan fingerprint density at radius 3 is 2.74 bits per heavy atom. The van der Waals surface area contributed by atoms with Crippen molar-refractivity contribution in [3.63, 3.8) is 0 Å². The topological polar surface area (TPSA) is 78.8 Å². The maximum atomic E-state index is 10.7. The molecular formula is C10H11BrClN5O2. The number of aryl methyl sites for hydroxylation is 2. The summed E-state index contributed by atoms with van der Waals surface area (Å²) in [4.78, 5) is 10.1. The molecule has 9 heteroatoms. The van der Waals surface area contributed by atoms with Crippen molar-refractivity contribution in [1.82, 2.24) is 19.6 Å². The third kappa shape index (κ3) is 2.64. The van der Waals surface area contributed by atoms with Crippen molar-refractivity contribution < 1.29 is 4.92 Å². The monoisotopic (exact) mass is 347 g/mol. The minimum absolute atomic E-state index is 0.0282. The minimum atomic E-state index is -0.601. The van der Waals surface area contributed by atoms with Gasteiger partial charge in [-0.25, -0.2) is 0 Å². The van der Waals surface area contributed by atoms with E-state index in [-0.39, 0.29) is 10.8 Å². The van der Waals surface area contributed by atoms with Crippen LogP contribution in [0.15, 0.2) is 10.7 Å². The Bertz CT molecular complexity index is 636. The molecule has 0 atom stereocenters. The molecule has 102 valence electrons. The molecule has 2 aromatic rings. The Balaban J connectivity index is 2.36. The predicted molar refractivity (Wildman–Crippen MR) is 73.3 cm³/mol. The van der Waals surface area contributed by atoms with Gasteiger partial charge in [0, 0.05) is 6.54 Å². The van der Waals surface area contributed by atoms with E-state index in [1.165, 1.54) is 10.9 Å². The van der Waals surface area contributed by atoms with Crippen LogP contribution in [-0.4, -0.2) is 24.5 Å². The van der Waals surface area contributed by atoms with E-state index in [0.717, 1.165) is 15.9 Å². The van der Waals surface area contributed by atoms with Crippen molar-refractivity contribution >= 4 is 33.3 Å². The lowest BCUT2D eigenvalue weighted by molar-refractivity contribution is -0.389. The highest BCUT2D eigenvalue weighted by Gasteiger charge is 2.21. The van der Waals surface area contributed by atoms with Crippen LogP contribution < -0.4 is 0 Å². The Morgan fingerprint density at radius 2 is 2.21 bits per heavy atom. The maximum Gasteiger partial charge on any atom is 0.408 e. The van der Waals surface area contributed by atoms with Gasteiger partial charge in [-0.05, 0) is 34.7 Å². The molecule has 2 heterocycles. The second kappa shape index (κ2) is 5.30. The Hall–Kier alpha value is -1.41. The molecule has 0 aliphatic heterocycles. The first-order valence-electron chi connectivity index (χ1n) is 5.53. The molecule has 0 bridgehead atoms. The highest BCUT2D eigenvalue weighted by atomic mass is 79.9. The summed E-state index contributed by atoms with van der Waals surface area (Å²) in [5.74, 6) is -0.336. The molecule has 0 saturated heterocycles. The lowest BCUT2D eigenvalue weighted by Crippen LogP contribution is -2.09. The van der Waals surface area contributed by atoms with Crippen LogP contribution in [0.2, 0.25) is 5.02 Å².